The lowest BCUT2D eigenvalue weighted by Crippen LogP contribution is -2.24. The number of benzene rings is 2. The van der Waals surface area contributed by atoms with E-state index in [2.05, 4.69) is 10.4 Å². The van der Waals surface area contributed by atoms with E-state index in [1.807, 2.05) is 36.5 Å². The highest BCUT2D eigenvalue weighted by Gasteiger charge is 2.13. The maximum absolute atomic E-state index is 13.6. The second-order valence-corrected chi connectivity index (χ2v) is 5.28. The molecule has 3 aromatic rings. The average Bonchev–Trinajstić information content (AvgIpc) is 3.07. The van der Waals surface area contributed by atoms with E-state index in [-0.39, 0.29) is 12.1 Å². The first kappa shape index (κ1) is 15.9. The van der Waals surface area contributed by atoms with E-state index in [0.29, 0.717) is 12.6 Å². The molecule has 0 saturated carbocycles. The molecular formula is C18H15F2N3O. The summed E-state index contributed by atoms with van der Waals surface area (Å²) in [6.07, 6.45) is 3.55. The molecule has 0 atom stereocenters. The lowest BCUT2D eigenvalue weighted by Gasteiger charge is -2.11. The number of rotatable bonds is 5. The molecule has 0 aliphatic carbocycles. The Morgan fingerprint density at radius 3 is 2.58 bits per heavy atom. The third-order valence-corrected chi connectivity index (χ3v) is 3.63. The summed E-state index contributed by atoms with van der Waals surface area (Å²) in [6.45, 7) is 0.817. The molecule has 3 rings (SSSR count). The van der Waals surface area contributed by atoms with E-state index < -0.39 is 17.5 Å². The summed E-state index contributed by atoms with van der Waals surface area (Å²) in [7, 11) is 0. The normalized spacial score (nSPS) is 10.6. The maximum Gasteiger partial charge on any atom is 0.254 e. The van der Waals surface area contributed by atoms with Crippen LogP contribution in [0.15, 0.2) is 60.9 Å². The van der Waals surface area contributed by atoms with Gasteiger partial charge in [0.25, 0.3) is 5.91 Å². The first-order chi connectivity index (χ1) is 11.6. The van der Waals surface area contributed by atoms with Crippen molar-refractivity contribution in [1.29, 1.82) is 0 Å². The Hall–Kier alpha value is -3.02. The Kier molecular flexibility index (Phi) is 4.65. The number of carbonyl (C=O) groups is 1. The molecule has 1 N–H and O–H groups in total. The summed E-state index contributed by atoms with van der Waals surface area (Å²) in [5, 5.41) is 6.82. The number of nitrogens with one attached hydrogen (secondary N) is 1. The molecular weight excluding hydrogens is 312 g/mol. The van der Waals surface area contributed by atoms with Crippen LogP contribution in [0.25, 0.3) is 0 Å². The van der Waals surface area contributed by atoms with Crippen molar-refractivity contribution in [3.8, 4) is 0 Å². The Labute approximate surface area is 137 Å². The van der Waals surface area contributed by atoms with Crippen LogP contribution < -0.4 is 5.32 Å². The van der Waals surface area contributed by atoms with Gasteiger partial charge in [-0.3, -0.25) is 9.48 Å². The van der Waals surface area contributed by atoms with Gasteiger partial charge in [-0.05, 0) is 29.3 Å². The SMILES string of the molecule is O=C(NCc1ccccc1Cn1cccn1)c1ccc(F)cc1F. The first-order valence-corrected chi connectivity index (χ1v) is 7.41. The first-order valence-electron chi connectivity index (χ1n) is 7.41. The summed E-state index contributed by atoms with van der Waals surface area (Å²) in [5.74, 6) is -2.17. The maximum atomic E-state index is 13.6. The molecule has 0 spiro atoms. The van der Waals surface area contributed by atoms with Crippen LogP contribution in [0.1, 0.15) is 21.5 Å². The van der Waals surface area contributed by atoms with Crippen LogP contribution in [0.3, 0.4) is 0 Å². The molecule has 1 amide bonds. The van der Waals surface area contributed by atoms with Gasteiger partial charge in [-0.25, -0.2) is 8.78 Å². The van der Waals surface area contributed by atoms with Crippen LogP contribution in [-0.2, 0) is 13.1 Å². The van der Waals surface area contributed by atoms with E-state index in [4.69, 9.17) is 0 Å². The molecule has 0 aliphatic heterocycles. The van der Waals surface area contributed by atoms with E-state index in [9.17, 15) is 13.6 Å². The van der Waals surface area contributed by atoms with Crippen LogP contribution >= 0.6 is 0 Å². The predicted octanol–water partition coefficient (Wildman–Crippen LogP) is 3.14. The van der Waals surface area contributed by atoms with Crippen molar-refractivity contribution in [1.82, 2.24) is 15.1 Å². The highest BCUT2D eigenvalue weighted by atomic mass is 19.1. The van der Waals surface area contributed by atoms with Crippen molar-refractivity contribution in [2.24, 2.45) is 0 Å². The minimum atomic E-state index is -0.877. The number of nitrogens with zero attached hydrogens (tertiary/aromatic N) is 2. The van der Waals surface area contributed by atoms with Crippen LogP contribution in [-0.4, -0.2) is 15.7 Å². The minimum absolute atomic E-state index is 0.180. The van der Waals surface area contributed by atoms with Gasteiger partial charge in [-0.15, -0.1) is 0 Å². The molecule has 122 valence electrons. The zero-order chi connectivity index (χ0) is 16.9. The molecule has 24 heavy (non-hydrogen) atoms. The Bertz CT molecular complexity index is 847. The highest BCUT2D eigenvalue weighted by Crippen LogP contribution is 2.12. The number of hydrogen-bond acceptors (Lipinski definition) is 2. The smallest absolute Gasteiger partial charge is 0.254 e. The van der Waals surface area contributed by atoms with Gasteiger partial charge in [0, 0.05) is 25.0 Å². The molecule has 0 bridgehead atoms. The van der Waals surface area contributed by atoms with Crippen LogP contribution in [0.4, 0.5) is 8.78 Å². The number of hydrogen-bond donors (Lipinski definition) is 1. The molecule has 0 aliphatic rings. The van der Waals surface area contributed by atoms with Crippen LogP contribution in [0.5, 0.6) is 0 Å². The Morgan fingerprint density at radius 1 is 1.08 bits per heavy atom. The van der Waals surface area contributed by atoms with Gasteiger partial charge in [0.15, 0.2) is 0 Å². The fourth-order valence-electron chi connectivity index (χ4n) is 2.40. The van der Waals surface area contributed by atoms with Crippen molar-refractivity contribution < 1.29 is 13.6 Å². The second kappa shape index (κ2) is 7.04. The van der Waals surface area contributed by atoms with Gasteiger partial charge < -0.3 is 5.32 Å². The fraction of sp³-hybridized carbons (Fsp3) is 0.111. The monoisotopic (exact) mass is 327 g/mol. The molecule has 6 heteroatoms. The molecule has 0 saturated heterocycles. The van der Waals surface area contributed by atoms with Crippen LogP contribution in [0.2, 0.25) is 0 Å². The number of carbonyl (C=O) groups excluding carboxylic acids is 1. The third kappa shape index (κ3) is 3.65. The van der Waals surface area contributed by atoms with Crippen LogP contribution in [0, 0.1) is 11.6 Å². The summed E-state index contributed by atoms with van der Waals surface area (Å²) in [5.41, 5.74) is 1.73. The van der Waals surface area contributed by atoms with Gasteiger partial charge in [-0.1, -0.05) is 24.3 Å². The van der Waals surface area contributed by atoms with E-state index in [0.717, 1.165) is 23.3 Å². The predicted molar refractivity (Wildman–Crippen MR) is 85.3 cm³/mol. The van der Waals surface area contributed by atoms with Crippen molar-refractivity contribution in [3.63, 3.8) is 0 Å². The molecule has 0 radical (unpaired) electrons. The molecule has 0 unspecified atom stereocenters. The lowest BCUT2D eigenvalue weighted by molar-refractivity contribution is 0.0946. The van der Waals surface area contributed by atoms with E-state index in [1.165, 1.54) is 0 Å². The fourth-order valence-corrected chi connectivity index (χ4v) is 2.40. The highest BCUT2D eigenvalue weighted by molar-refractivity contribution is 5.94. The molecule has 2 aromatic carbocycles. The largest absolute Gasteiger partial charge is 0.348 e. The number of amides is 1. The van der Waals surface area contributed by atoms with Gasteiger partial charge >= 0.3 is 0 Å². The van der Waals surface area contributed by atoms with Gasteiger partial charge in [0.05, 0.1) is 12.1 Å². The summed E-state index contributed by atoms with van der Waals surface area (Å²) in [6, 6.07) is 12.3. The Balaban J connectivity index is 1.71. The van der Waals surface area contributed by atoms with E-state index >= 15 is 0 Å². The Morgan fingerprint density at radius 2 is 1.88 bits per heavy atom. The van der Waals surface area contributed by atoms with Gasteiger partial charge in [0.2, 0.25) is 0 Å². The minimum Gasteiger partial charge on any atom is -0.348 e. The van der Waals surface area contributed by atoms with Crippen molar-refractivity contribution >= 4 is 5.91 Å². The van der Waals surface area contributed by atoms with Crippen molar-refractivity contribution in [3.05, 3.63) is 89.2 Å². The van der Waals surface area contributed by atoms with Crippen molar-refractivity contribution in [2.45, 2.75) is 13.1 Å². The quantitative estimate of drug-likeness (QED) is 0.782. The molecule has 0 fully saturated rings. The summed E-state index contributed by atoms with van der Waals surface area (Å²) in [4.78, 5) is 12.1. The molecule has 1 aromatic heterocycles. The zero-order valence-corrected chi connectivity index (χ0v) is 12.7. The number of aromatic nitrogens is 2. The lowest BCUT2D eigenvalue weighted by atomic mass is 10.1. The average molecular weight is 327 g/mol. The molecule has 4 nitrogen and oxygen atoms in total. The topological polar surface area (TPSA) is 46.9 Å². The summed E-state index contributed by atoms with van der Waals surface area (Å²) < 4.78 is 28.3. The summed E-state index contributed by atoms with van der Waals surface area (Å²) >= 11 is 0. The van der Waals surface area contributed by atoms with Gasteiger partial charge in [-0.2, -0.15) is 5.10 Å². The zero-order valence-electron chi connectivity index (χ0n) is 12.7. The van der Waals surface area contributed by atoms with Crippen molar-refractivity contribution in [2.75, 3.05) is 0 Å². The standard InChI is InChI=1S/C18H15F2N3O/c19-15-6-7-16(17(20)10-15)18(24)21-11-13-4-1-2-5-14(13)12-23-9-3-8-22-23/h1-10H,11-12H2,(H,21,24). The third-order valence-electron chi connectivity index (χ3n) is 3.63. The second-order valence-electron chi connectivity index (χ2n) is 5.28. The number of halogens is 2. The molecule has 1 heterocycles. The van der Waals surface area contributed by atoms with E-state index in [1.54, 1.807) is 10.9 Å². The van der Waals surface area contributed by atoms with Gasteiger partial charge in [0.1, 0.15) is 11.6 Å².